The molecule has 0 radical (unpaired) electrons. The number of ether oxygens (including phenoxy) is 1. The van der Waals surface area contributed by atoms with Gasteiger partial charge in [0.25, 0.3) is 0 Å². The number of hydrogen-bond donors (Lipinski definition) is 0. The molecule has 0 unspecified atom stereocenters. The lowest BCUT2D eigenvalue weighted by Crippen LogP contribution is -2.14. The van der Waals surface area contributed by atoms with E-state index < -0.39 is 0 Å². The summed E-state index contributed by atoms with van der Waals surface area (Å²) >= 11 is 0. The van der Waals surface area contributed by atoms with Crippen molar-refractivity contribution >= 4 is 5.82 Å². The molecule has 1 heterocycles. The van der Waals surface area contributed by atoms with E-state index in [4.69, 9.17) is 4.74 Å². The molecular formula is C12H18N2O. The third-order valence-electron chi connectivity index (χ3n) is 2.59. The third kappa shape index (κ3) is 2.22. The van der Waals surface area contributed by atoms with Gasteiger partial charge in [-0.05, 0) is 25.3 Å². The van der Waals surface area contributed by atoms with Gasteiger partial charge in [-0.25, -0.2) is 4.98 Å². The Hall–Kier alpha value is -1.25. The van der Waals surface area contributed by atoms with Crippen LogP contribution in [-0.2, 0) is 6.42 Å². The van der Waals surface area contributed by atoms with Crippen LogP contribution in [0.4, 0.5) is 5.82 Å². The molecular weight excluding hydrogens is 188 g/mol. The van der Waals surface area contributed by atoms with Crippen molar-refractivity contribution in [1.82, 2.24) is 4.98 Å². The van der Waals surface area contributed by atoms with Crippen molar-refractivity contribution in [3.63, 3.8) is 0 Å². The van der Waals surface area contributed by atoms with E-state index in [-0.39, 0.29) is 0 Å². The zero-order valence-corrected chi connectivity index (χ0v) is 9.66. The Morgan fingerprint density at radius 1 is 1.47 bits per heavy atom. The quantitative estimate of drug-likeness (QED) is 0.755. The normalized spacial score (nSPS) is 15.1. The molecule has 0 bridgehead atoms. The van der Waals surface area contributed by atoms with Gasteiger partial charge in [-0.2, -0.15) is 0 Å². The first-order chi connectivity index (χ1) is 7.22. The van der Waals surface area contributed by atoms with Crippen LogP contribution in [0.15, 0.2) is 12.3 Å². The summed E-state index contributed by atoms with van der Waals surface area (Å²) in [7, 11) is 4.03. The smallest absolute Gasteiger partial charge is 0.134 e. The molecule has 0 atom stereocenters. The molecule has 1 saturated carbocycles. The van der Waals surface area contributed by atoms with Crippen molar-refractivity contribution in [2.45, 2.75) is 32.3 Å². The average Bonchev–Trinajstić information content (AvgIpc) is 3.01. The maximum absolute atomic E-state index is 5.87. The maximum Gasteiger partial charge on any atom is 0.134 e. The van der Waals surface area contributed by atoms with E-state index >= 15 is 0 Å². The van der Waals surface area contributed by atoms with Crippen LogP contribution in [0.1, 0.15) is 25.3 Å². The number of anilines is 1. The van der Waals surface area contributed by atoms with Crippen molar-refractivity contribution in [1.29, 1.82) is 0 Å². The van der Waals surface area contributed by atoms with Crippen LogP contribution < -0.4 is 9.64 Å². The van der Waals surface area contributed by atoms with Gasteiger partial charge < -0.3 is 9.64 Å². The van der Waals surface area contributed by atoms with Gasteiger partial charge in [-0.3, -0.25) is 0 Å². The topological polar surface area (TPSA) is 25.4 Å². The predicted molar refractivity (Wildman–Crippen MR) is 61.6 cm³/mol. The lowest BCUT2D eigenvalue weighted by atomic mass is 10.2. The van der Waals surface area contributed by atoms with Crippen LogP contribution in [0.2, 0.25) is 0 Å². The summed E-state index contributed by atoms with van der Waals surface area (Å²) in [4.78, 5) is 6.42. The van der Waals surface area contributed by atoms with E-state index in [1.807, 2.05) is 31.3 Å². The molecule has 15 heavy (non-hydrogen) atoms. The van der Waals surface area contributed by atoms with Crippen LogP contribution >= 0.6 is 0 Å². The van der Waals surface area contributed by atoms with Crippen LogP contribution in [-0.4, -0.2) is 25.2 Å². The first kappa shape index (κ1) is 10.3. The number of nitrogens with zero attached hydrogens (tertiary/aromatic N) is 2. The van der Waals surface area contributed by atoms with E-state index in [0.717, 1.165) is 18.0 Å². The first-order valence-corrected chi connectivity index (χ1v) is 5.54. The fraction of sp³-hybridized carbons (Fsp3) is 0.583. The van der Waals surface area contributed by atoms with Gasteiger partial charge in [0.1, 0.15) is 11.6 Å². The minimum Gasteiger partial charge on any atom is -0.490 e. The highest BCUT2D eigenvalue weighted by Crippen LogP contribution is 2.32. The van der Waals surface area contributed by atoms with Crippen molar-refractivity contribution < 1.29 is 4.74 Å². The molecule has 0 aromatic carbocycles. The lowest BCUT2D eigenvalue weighted by Gasteiger charge is -2.18. The molecule has 1 aromatic rings. The van der Waals surface area contributed by atoms with E-state index in [2.05, 4.69) is 11.9 Å². The van der Waals surface area contributed by atoms with Gasteiger partial charge in [-0.1, -0.05) is 6.92 Å². The molecule has 0 amide bonds. The first-order valence-electron chi connectivity index (χ1n) is 5.54. The second-order valence-electron chi connectivity index (χ2n) is 4.18. The van der Waals surface area contributed by atoms with E-state index in [0.29, 0.717) is 6.10 Å². The Labute approximate surface area is 91.1 Å². The lowest BCUT2D eigenvalue weighted by molar-refractivity contribution is 0.300. The van der Waals surface area contributed by atoms with Gasteiger partial charge in [0, 0.05) is 25.9 Å². The molecule has 0 N–H and O–H groups in total. The van der Waals surface area contributed by atoms with Crippen LogP contribution in [0.25, 0.3) is 0 Å². The van der Waals surface area contributed by atoms with Crippen LogP contribution in [0.5, 0.6) is 5.75 Å². The Morgan fingerprint density at radius 2 is 2.20 bits per heavy atom. The third-order valence-corrected chi connectivity index (χ3v) is 2.59. The molecule has 0 aliphatic heterocycles. The number of rotatable bonds is 4. The van der Waals surface area contributed by atoms with Gasteiger partial charge in [0.2, 0.25) is 0 Å². The van der Waals surface area contributed by atoms with Gasteiger partial charge in [0.05, 0.1) is 6.10 Å². The maximum atomic E-state index is 5.87. The summed E-state index contributed by atoms with van der Waals surface area (Å²) in [6, 6.07) is 1.98. The highest BCUT2D eigenvalue weighted by atomic mass is 16.5. The summed E-state index contributed by atoms with van der Waals surface area (Å²) in [5, 5.41) is 0. The Bertz CT molecular complexity index is 345. The second kappa shape index (κ2) is 4.09. The zero-order valence-electron chi connectivity index (χ0n) is 9.66. The van der Waals surface area contributed by atoms with E-state index in [1.165, 1.54) is 18.4 Å². The Balaban J connectivity index is 2.30. The molecule has 1 aliphatic rings. The highest BCUT2D eigenvalue weighted by Gasteiger charge is 2.25. The monoisotopic (exact) mass is 206 g/mol. The predicted octanol–water partition coefficient (Wildman–Crippen LogP) is 2.25. The van der Waals surface area contributed by atoms with Gasteiger partial charge in [-0.15, -0.1) is 0 Å². The molecule has 0 spiro atoms. The minimum absolute atomic E-state index is 0.452. The molecule has 0 saturated heterocycles. The largest absolute Gasteiger partial charge is 0.490 e. The molecule has 3 nitrogen and oxygen atoms in total. The van der Waals surface area contributed by atoms with E-state index in [9.17, 15) is 0 Å². The minimum atomic E-state index is 0.452. The van der Waals surface area contributed by atoms with Crippen molar-refractivity contribution in [2.24, 2.45) is 0 Å². The van der Waals surface area contributed by atoms with E-state index in [1.54, 1.807) is 0 Å². The molecule has 1 aliphatic carbocycles. The highest BCUT2D eigenvalue weighted by molar-refractivity contribution is 5.52. The van der Waals surface area contributed by atoms with Gasteiger partial charge >= 0.3 is 0 Å². The fourth-order valence-electron chi connectivity index (χ4n) is 1.66. The summed E-state index contributed by atoms with van der Waals surface area (Å²) in [5.74, 6) is 2.04. The van der Waals surface area contributed by atoms with Gasteiger partial charge in [0.15, 0.2) is 0 Å². The molecule has 1 aromatic heterocycles. The molecule has 82 valence electrons. The number of hydrogen-bond acceptors (Lipinski definition) is 3. The Kier molecular flexibility index (Phi) is 2.80. The summed E-state index contributed by atoms with van der Waals surface area (Å²) in [6.45, 7) is 2.14. The van der Waals surface area contributed by atoms with Crippen LogP contribution in [0, 0.1) is 0 Å². The molecule has 3 heteroatoms. The van der Waals surface area contributed by atoms with Crippen molar-refractivity contribution in [2.75, 3.05) is 19.0 Å². The van der Waals surface area contributed by atoms with Crippen molar-refractivity contribution in [3.8, 4) is 5.75 Å². The average molecular weight is 206 g/mol. The Morgan fingerprint density at radius 3 is 2.73 bits per heavy atom. The van der Waals surface area contributed by atoms with Crippen molar-refractivity contribution in [3.05, 3.63) is 17.8 Å². The standard InChI is InChI=1S/C12H18N2O/c1-4-10-11(15-9-5-6-9)7-8-13-12(10)14(2)3/h7-9H,4-6H2,1-3H3. The number of aromatic nitrogens is 1. The molecule has 1 fully saturated rings. The second-order valence-corrected chi connectivity index (χ2v) is 4.18. The van der Waals surface area contributed by atoms with Crippen LogP contribution in [0.3, 0.4) is 0 Å². The SMILES string of the molecule is CCc1c(OC2CC2)ccnc1N(C)C. The zero-order chi connectivity index (χ0) is 10.8. The molecule has 2 rings (SSSR count). The fourth-order valence-corrected chi connectivity index (χ4v) is 1.66. The number of pyridine rings is 1. The summed E-state index contributed by atoms with van der Waals surface area (Å²) < 4.78 is 5.87. The summed E-state index contributed by atoms with van der Waals surface area (Å²) in [6.07, 6.45) is 5.63. The summed E-state index contributed by atoms with van der Waals surface area (Å²) in [5.41, 5.74) is 1.22.